The molecule has 2 aliphatic rings. The lowest BCUT2D eigenvalue weighted by atomic mass is 10.0. The number of fused-ring (bicyclic) bond motifs is 2. The molecule has 0 radical (unpaired) electrons. The Morgan fingerprint density at radius 3 is 3.04 bits per heavy atom. The first-order valence-electron chi connectivity index (χ1n) is 8.24. The Kier molecular flexibility index (Phi) is 4.56. The zero-order chi connectivity index (χ0) is 18.3. The van der Waals surface area contributed by atoms with Gasteiger partial charge in [0, 0.05) is 23.5 Å². The zero-order valence-corrected chi connectivity index (χ0v) is 15.2. The molecule has 1 N–H and O–H groups in total. The van der Waals surface area contributed by atoms with Crippen LogP contribution in [0, 0.1) is 0 Å². The first-order chi connectivity index (χ1) is 12.5. The Bertz CT molecular complexity index is 843. The summed E-state index contributed by atoms with van der Waals surface area (Å²) in [6.07, 6.45) is -2.92. The summed E-state index contributed by atoms with van der Waals surface area (Å²) < 4.78 is 38.9. The number of aryl methyl sites for hydroxylation is 1. The van der Waals surface area contributed by atoms with E-state index in [4.69, 9.17) is 9.47 Å². The number of rotatable bonds is 3. The van der Waals surface area contributed by atoms with Crippen molar-refractivity contribution in [2.24, 2.45) is 0 Å². The first-order valence-corrected chi connectivity index (χ1v) is 9.03. The Labute approximate surface area is 156 Å². The van der Waals surface area contributed by atoms with Crippen LogP contribution >= 0.6 is 15.9 Å². The molecule has 6 nitrogen and oxygen atoms in total. The molecule has 2 aromatic rings. The third-order valence-corrected chi connectivity index (χ3v) is 4.91. The van der Waals surface area contributed by atoms with Crippen molar-refractivity contribution in [3.05, 3.63) is 40.0 Å². The van der Waals surface area contributed by atoms with Crippen LogP contribution in [-0.4, -0.2) is 40.9 Å². The van der Waals surface area contributed by atoms with E-state index >= 15 is 0 Å². The average Bonchev–Trinajstić information content (AvgIpc) is 3.04. The molecule has 26 heavy (non-hydrogen) atoms. The molecule has 2 aliphatic heterocycles. The molecular weight excluding hydrogens is 412 g/mol. The van der Waals surface area contributed by atoms with Crippen molar-refractivity contribution in [2.45, 2.75) is 38.0 Å². The number of nitrogens with one attached hydrogen (secondary N) is 1. The molecule has 9 heteroatoms. The molecule has 0 aliphatic carbocycles. The van der Waals surface area contributed by atoms with Crippen LogP contribution in [0.2, 0.25) is 0 Å². The van der Waals surface area contributed by atoms with Crippen molar-refractivity contribution in [1.29, 1.82) is 0 Å². The summed E-state index contributed by atoms with van der Waals surface area (Å²) in [6, 6.07) is 6.95. The maximum Gasteiger partial charge on any atom is 0.274 e. The Morgan fingerprint density at radius 1 is 1.38 bits per heavy atom. The van der Waals surface area contributed by atoms with E-state index in [0.29, 0.717) is 19.6 Å². The van der Waals surface area contributed by atoms with Gasteiger partial charge in [0.2, 0.25) is 5.88 Å². The highest BCUT2D eigenvalue weighted by Crippen LogP contribution is 2.28. The molecule has 1 amide bonds. The summed E-state index contributed by atoms with van der Waals surface area (Å²) in [4.78, 5) is 12.5. The van der Waals surface area contributed by atoms with Crippen LogP contribution in [0.15, 0.2) is 28.7 Å². The summed E-state index contributed by atoms with van der Waals surface area (Å²) in [7, 11) is 0. The number of benzene rings is 1. The van der Waals surface area contributed by atoms with E-state index in [1.54, 1.807) is 0 Å². The monoisotopic (exact) mass is 427 g/mol. The standard InChI is InChI=1S/C17H16BrF2N3O3/c18-10-1-2-13-9(5-10)6-11(8-25-13)21-17(24)12-7-15-23(22-12)4-3-14(26-15)16(19)20/h1-2,5,7,11,14,16H,3-4,6,8H2,(H,21,24)/t11-,14?/m1/s1. The number of nitrogens with zero attached hydrogens (tertiary/aromatic N) is 2. The van der Waals surface area contributed by atoms with Crippen LogP contribution in [0.4, 0.5) is 8.78 Å². The van der Waals surface area contributed by atoms with Crippen LogP contribution in [0.5, 0.6) is 11.6 Å². The molecule has 0 saturated heterocycles. The molecule has 0 saturated carbocycles. The van der Waals surface area contributed by atoms with Crippen LogP contribution in [0.1, 0.15) is 22.5 Å². The lowest BCUT2D eigenvalue weighted by Crippen LogP contribution is -2.42. The fraction of sp³-hybridized carbons (Fsp3) is 0.412. The van der Waals surface area contributed by atoms with Gasteiger partial charge in [-0.15, -0.1) is 0 Å². The Balaban J connectivity index is 1.43. The Hall–Kier alpha value is -2.16. The van der Waals surface area contributed by atoms with Gasteiger partial charge in [-0.05, 0) is 30.2 Å². The molecule has 1 unspecified atom stereocenters. The van der Waals surface area contributed by atoms with E-state index in [1.165, 1.54) is 10.7 Å². The molecule has 4 rings (SSSR count). The fourth-order valence-corrected chi connectivity index (χ4v) is 3.53. The average molecular weight is 428 g/mol. The van der Waals surface area contributed by atoms with Gasteiger partial charge in [0.05, 0.1) is 6.04 Å². The topological polar surface area (TPSA) is 65.4 Å². The smallest absolute Gasteiger partial charge is 0.274 e. The van der Waals surface area contributed by atoms with Gasteiger partial charge >= 0.3 is 0 Å². The predicted molar refractivity (Wildman–Crippen MR) is 91.9 cm³/mol. The highest BCUT2D eigenvalue weighted by molar-refractivity contribution is 9.10. The number of carbonyl (C=O) groups excluding carboxylic acids is 1. The van der Waals surface area contributed by atoms with E-state index < -0.39 is 12.5 Å². The molecule has 1 aromatic heterocycles. The number of halogens is 3. The minimum Gasteiger partial charge on any atom is -0.491 e. The van der Waals surface area contributed by atoms with Crippen molar-refractivity contribution in [2.75, 3.05) is 6.61 Å². The third kappa shape index (κ3) is 3.40. The molecule has 138 valence electrons. The summed E-state index contributed by atoms with van der Waals surface area (Å²) in [5.41, 5.74) is 1.15. The fourth-order valence-electron chi connectivity index (χ4n) is 3.12. The van der Waals surface area contributed by atoms with Crippen molar-refractivity contribution in [3.8, 4) is 11.6 Å². The molecule has 0 bridgehead atoms. The van der Waals surface area contributed by atoms with E-state index in [1.807, 2.05) is 18.2 Å². The second-order valence-electron chi connectivity index (χ2n) is 6.31. The maximum atomic E-state index is 12.8. The first kappa shape index (κ1) is 17.3. The van der Waals surface area contributed by atoms with E-state index in [2.05, 4.69) is 26.3 Å². The summed E-state index contributed by atoms with van der Waals surface area (Å²) in [5, 5.41) is 7.03. The van der Waals surface area contributed by atoms with Gasteiger partial charge in [0.15, 0.2) is 11.8 Å². The van der Waals surface area contributed by atoms with Crippen molar-refractivity contribution in [1.82, 2.24) is 15.1 Å². The lowest BCUT2D eigenvalue weighted by molar-refractivity contribution is -0.0135. The number of hydrogen-bond donors (Lipinski definition) is 1. The van der Waals surface area contributed by atoms with Gasteiger partial charge in [-0.25, -0.2) is 13.5 Å². The molecule has 0 spiro atoms. The molecule has 1 aromatic carbocycles. The summed E-state index contributed by atoms with van der Waals surface area (Å²) >= 11 is 3.42. The van der Waals surface area contributed by atoms with Crippen LogP contribution < -0.4 is 14.8 Å². The summed E-state index contributed by atoms with van der Waals surface area (Å²) in [5.74, 6) is 0.625. The molecule has 3 heterocycles. The Morgan fingerprint density at radius 2 is 2.23 bits per heavy atom. The van der Waals surface area contributed by atoms with Gasteiger partial charge in [0.25, 0.3) is 12.3 Å². The number of hydrogen-bond acceptors (Lipinski definition) is 4. The summed E-state index contributed by atoms with van der Waals surface area (Å²) in [6.45, 7) is 0.656. The molecule has 0 fully saturated rings. The number of amides is 1. The normalized spacial score (nSPS) is 21.4. The highest BCUT2D eigenvalue weighted by atomic mass is 79.9. The van der Waals surface area contributed by atoms with E-state index in [-0.39, 0.29) is 29.9 Å². The minimum atomic E-state index is -2.56. The minimum absolute atomic E-state index is 0.148. The van der Waals surface area contributed by atoms with Crippen LogP contribution in [0.3, 0.4) is 0 Å². The van der Waals surface area contributed by atoms with E-state index in [9.17, 15) is 13.6 Å². The number of alkyl halides is 2. The van der Waals surface area contributed by atoms with E-state index in [0.717, 1.165) is 15.8 Å². The van der Waals surface area contributed by atoms with Crippen molar-refractivity contribution < 1.29 is 23.0 Å². The van der Waals surface area contributed by atoms with Gasteiger partial charge in [-0.1, -0.05) is 15.9 Å². The van der Waals surface area contributed by atoms with Crippen LogP contribution in [-0.2, 0) is 13.0 Å². The third-order valence-electron chi connectivity index (χ3n) is 4.42. The number of aromatic nitrogens is 2. The van der Waals surface area contributed by atoms with Gasteiger partial charge in [-0.2, -0.15) is 5.10 Å². The highest BCUT2D eigenvalue weighted by Gasteiger charge is 2.30. The SMILES string of the molecule is O=C(N[C@H]1COc2ccc(Br)cc2C1)c1cc2n(n1)CCC(C(F)F)O2. The molecular formula is C17H16BrF2N3O3. The van der Waals surface area contributed by atoms with Crippen molar-refractivity contribution in [3.63, 3.8) is 0 Å². The maximum absolute atomic E-state index is 12.8. The number of ether oxygens (including phenoxy) is 2. The van der Waals surface area contributed by atoms with Gasteiger partial charge in [0.1, 0.15) is 12.4 Å². The quantitative estimate of drug-likeness (QED) is 0.817. The van der Waals surface area contributed by atoms with Gasteiger partial charge < -0.3 is 14.8 Å². The lowest BCUT2D eigenvalue weighted by Gasteiger charge is -2.26. The second kappa shape index (κ2) is 6.86. The number of carbonyl (C=O) groups is 1. The van der Waals surface area contributed by atoms with Crippen LogP contribution in [0.25, 0.3) is 0 Å². The predicted octanol–water partition coefficient (Wildman–Crippen LogP) is 2.80. The zero-order valence-electron chi connectivity index (χ0n) is 13.6. The largest absolute Gasteiger partial charge is 0.491 e. The van der Waals surface area contributed by atoms with Crippen molar-refractivity contribution >= 4 is 21.8 Å². The molecule has 2 atom stereocenters. The van der Waals surface area contributed by atoms with Gasteiger partial charge in [-0.3, -0.25) is 4.79 Å². The second-order valence-corrected chi connectivity index (χ2v) is 7.22.